The molecular weight excluding hydrogens is 290 g/mol. The first-order valence-electron chi connectivity index (χ1n) is 8.23. The molecule has 0 radical (unpaired) electrons. The van der Waals surface area contributed by atoms with Crippen LogP contribution in [-0.4, -0.2) is 34.0 Å². The summed E-state index contributed by atoms with van der Waals surface area (Å²) in [5.74, 6) is 1.75. The van der Waals surface area contributed by atoms with Gasteiger partial charge in [0.05, 0.1) is 5.92 Å². The van der Waals surface area contributed by atoms with Gasteiger partial charge in [0.2, 0.25) is 11.8 Å². The molecule has 1 aromatic heterocycles. The number of amides is 1. The summed E-state index contributed by atoms with van der Waals surface area (Å²) in [6.45, 7) is 7.55. The lowest BCUT2D eigenvalue weighted by atomic mass is 10.0. The third-order valence-corrected chi connectivity index (χ3v) is 4.53. The van der Waals surface area contributed by atoms with Crippen molar-refractivity contribution in [3.05, 3.63) is 46.6 Å². The molecule has 0 unspecified atom stereocenters. The summed E-state index contributed by atoms with van der Waals surface area (Å²) in [5, 5.41) is 4.13. The topological polar surface area (TPSA) is 59.2 Å². The van der Waals surface area contributed by atoms with E-state index < -0.39 is 0 Å². The molecule has 3 rings (SSSR count). The maximum absolute atomic E-state index is 11.8. The lowest BCUT2D eigenvalue weighted by Crippen LogP contribution is -2.27. The van der Waals surface area contributed by atoms with Crippen molar-refractivity contribution in [2.45, 2.75) is 46.0 Å². The zero-order valence-corrected chi connectivity index (χ0v) is 14.0. The Labute approximate surface area is 136 Å². The van der Waals surface area contributed by atoms with E-state index in [0.29, 0.717) is 31.1 Å². The van der Waals surface area contributed by atoms with E-state index in [-0.39, 0.29) is 11.8 Å². The monoisotopic (exact) mass is 313 g/mol. The lowest BCUT2D eigenvalue weighted by Gasteiger charge is -2.13. The van der Waals surface area contributed by atoms with Crippen LogP contribution < -0.4 is 0 Å². The van der Waals surface area contributed by atoms with Gasteiger partial charge in [-0.25, -0.2) is 0 Å². The van der Waals surface area contributed by atoms with E-state index in [4.69, 9.17) is 4.52 Å². The zero-order chi connectivity index (χ0) is 16.4. The molecule has 0 spiro atoms. The van der Waals surface area contributed by atoms with Crippen molar-refractivity contribution in [3.8, 4) is 0 Å². The van der Waals surface area contributed by atoms with Crippen LogP contribution in [0.2, 0.25) is 0 Å². The van der Waals surface area contributed by atoms with Gasteiger partial charge in [-0.2, -0.15) is 4.98 Å². The number of rotatable bonds is 4. The van der Waals surface area contributed by atoms with E-state index >= 15 is 0 Å². The Kier molecular flexibility index (Phi) is 4.46. The Morgan fingerprint density at radius 3 is 3.00 bits per heavy atom. The number of benzene rings is 1. The van der Waals surface area contributed by atoms with Crippen LogP contribution in [0.25, 0.3) is 0 Å². The first-order chi connectivity index (χ1) is 11.1. The standard InChI is InChI=1S/C18H23N3O2/c1-4-17(22)21-8-7-14(11-21)18-19-16(20-23-18)10-15-9-12(2)5-6-13(15)3/h5-6,9,14H,4,7-8,10-11H2,1-3H3/t14-/m0/s1. The van der Waals surface area contributed by atoms with E-state index in [1.54, 1.807) is 0 Å². The number of hydrogen-bond donors (Lipinski definition) is 0. The molecule has 1 atom stereocenters. The molecule has 5 heteroatoms. The maximum atomic E-state index is 11.8. The van der Waals surface area contributed by atoms with Crippen LogP contribution in [0, 0.1) is 13.8 Å². The summed E-state index contributed by atoms with van der Waals surface area (Å²) >= 11 is 0. The van der Waals surface area contributed by atoms with Gasteiger partial charge in [-0.15, -0.1) is 0 Å². The van der Waals surface area contributed by atoms with Crippen molar-refractivity contribution in [3.63, 3.8) is 0 Å². The minimum atomic E-state index is 0.172. The Balaban J connectivity index is 1.69. The van der Waals surface area contributed by atoms with Crippen LogP contribution in [0.15, 0.2) is 22.7 Å². The van der Waals surface area contributed by atoms with E-state index in [0.717, 1.165) is 13.0 Å². The molecule has 1 saturated heterocycles. The zero-order valence-electron chi connectivity index (χ0n) is 14.0. The van der Waals surface area contributed by atoms with Crippen molar-refractivity contribution in [2.24, 2.45) is 0 Å². The molecule has 0 saturated carbocycles. The largest absolute Gasteiger partial charge is 0.342 e. The Morgan fingerprint density at radius 1 is 1.39 bits per heavy atom. The van der Waals surface area contributed by atoms with Crippen molar-refractivity contribution in [1.82, 2.24) is 15.0 Å². The lowest BCUT2D eigenvalue weighted by molar-refractivity contribution is -0.129. The fourth-order valence-corrected chi connectivity index (χ4v) is 3.08. The molecule has 2 heterocycles. The highest BCUT2D eigenvalue weighted by Crippen LogP contribution is 2.26. The molecule has 23 heavy (non-hydrogen) atoms. The second-order valence-electron chi connectivity index (χ2n) is 6.33. The van der Waals surface area contributed by atoms with Gasteiger partial charge < -0.3 is 9.42 Å². The quantitative estimate of drug-likeness (QED) is 0.870. The Hall–Kier alpha value is -2.17. The third kappa shape index (κ3) is 3.44. The van der Waals surface area contributed by atoms with Crippen LogP contribution in [0.1, 0.15) is 54.1 Å². The average molecular weight is 313 g/mol. The number of aromatic nitrogens is 2. The highest BCUT2D eigenvalue weighted by molar-refractivity contribution is 5.76. The van der Waals surface area contributed by atoms with Crippen LogP contribution in [-0.2, 0) is 11.2 Å². The van der Waals surface area contributed by atoms with Crippen LogP contribution in [0.3, 0.4) is 0 Å². The fourth-order valence-electron chi connectivity index (χ4n) is 3.08. The molecule has 1 aliphatic rings. The first-order valence-corrected chi connectivity index (χ1v) is 8.23. The number of likely N-dealkylation sites (tertiary alicyclic amines) is 1. The second-order valence-corrected chi connectivity index (χ2v) is 6.33. The number of carbonyl (C=O) groups is 1. The van der Waals surface area contributed by atoms with E-state index in [9.17, 15) is 4.79 Å². The molecule has 1 fully saturated rings. The summed E-state index contributed by atoms with van der Waals surface area (Å²) in [4.78, 5) is 18.2. The van der Waals surface area contributed by atoms with Gasteiger partial charge in [-0.1, -0.05) is 35.8 Å². The number of nitrogens with zero attached hydrogens (tertiary/aromatic N) is 3. The van der Waals surface area contributed by atoms with E-state index in [2.05, 4.69) is 42.2 Å². The molecule has 2 aromatic rings. The van der Waals surface area contributed by atoms with E-state index in [1.165, 1.54) is 16.7 Å². The maximum Gasteiger partial charge on any atom is 0.231 e. The number of aryl methyl sites for hydroxylation is 2. The van der Waals surface area contributed by atoms with Crippen LogP contribution in [0.4, 0.5) is 0 Å². The fraction of sp³-hybridized carbons (Fsp3) is 0.500. The van der Waals surface area contributed by atoms with Gasteiger partial charge in [0.1, 0.15) is 0 Å². The van der Waals surface area contributed by atoms with Crippen molar-refractivity contribution >= 4 is 5.91 Å². The van der Waals surface area contributed by atoms with Crippen LogP contribution in [0.5, 0.6) is 0 Å². The van der Waals surface area contributed by atoms with E-state index in [1.807, 2.05) is 11.8 Å². The average Bonchev–Trinajstić information content (AvgIpc) is 3.19. The van der Waals surface area contributed by atoms with Gasteiger partial charge in [0.25, 0.3) is 0 Å². The highest BCUT2D eigenvalue weighted by atomic mass is 16.5. The molecule has 0 bridgehead atoms. The third-order valence-electron chi connectivity index (χ3n) is 4.53. The summed E-state index contributed by atoms with van der Waals surface area (Å²) in [6, 6.07) is 6.40. The van der Waals surface area contributed by atoms with Crippen molar-refractivity contribution < 1.29 is 9.32 Å². The summed E-state index contributed by atoms with van der Waals surface area (Å²) in [6.07, 6.45) is 2.13. The van der Waals surface area contributed by atoms with Crippen LogP contribution >= 0.6 is 0 Å². The molecule has 122 valence electrons. The molecule has 0 aliphatic carbocycles. The van der Waals surface area contributed by atoms with Gasteiger partial charge in [-0.05, 0) is 31.4 Å². The van der Waals surface area contributed by atoms with Crippen molar-refractivity contribution in [1.29, 1.82) is 0 Å². The summed E-state index contributed by atoms with van der Waals surface area (Å²) < 4.78 is 5.45. The minimum absolute atomic E-state index is 0.172. The molecule has 5 nitrogen and oxygen atoms in total. The number of carbonyl (C=O) groups excluding carboxylic acids is 1. The van der Waals surface area contributed by atoms with Gasteiger partial charge in [0.15, 0.2) is 5.82 Å². The molecule has 0 N–H and O–H groups in total. The summed E-state index contributed by atoms with van der Waals surface area (Å²) in [7, 11) is 0. The molecule has 1 amide bonds. The second kappa shape index (κ2) is 6.52. The van der Waals surface area contributed by atoms with Gasteiger partial charge >= 0.3 is 0 Å². The molecule has 1 aliphatic heterocycles. The molecular formula is C18H23N3O2. The van der Waals surface area contributed by atoms with Gasteiger partial charge in [0, 0.05) is 25.9 Å². The number of hydrogen-bond acceptors (Lipinski definition) is 4. The Bertz CT molecular complexity index is 708. The van der Waals surface area contributed by atoms with Crippen molar-refractivity contribution in [2.75, 3.05) is 13.1 Å². The summed E-state index contributed by atoms with van der Waals surface area (Å²) in [5.41, 5.74) is 3.70. The van der Waals surface area contributed by atoms with Gasteiger partial charge in [-0.3, -0.25) is 4.79 Å². The molecule has 1 aromatic carbocycles. The smallest absolute Gasteiger partial charge is 0.231 e. The minimum Gasteiger partial charge on any atom is -0.342 e. The normalized spacial score (nSPS) is 17.7. The first kappa shape index (κ1) is 15.7. The Morgan fingerprint density at radius 2 is 2.22 bits per heavy atom. The highest BCUT2D eigenvalue weighted by Gasteiger charge is 2.30. The predicted molar refractivity (Wildman–Crippen MR) is 87.2 cm³/mol. The SMILES string of the molecule is CCC(=O)N1CC[C@H](c2nc(Cc3cc(C)ccc3C)no2)C1. The predicted octanol–water partition coefficient (Wildman–Crippen LogP) is 3.00.